The van der Waals surface area contributed by atoms with Crippen molar-refractivity contribution in [2.24, 2.45) is 5.73 Å². The molecule has 2 aromatic rings. The van der Waals surface area contributed by atoms with Crippen LogP contribution in [-0.2, 0) is 4.74 Å². The van der Waals surface area contributed by atoms with Gasteiger partial charge in [0.15, 0.2) is 0 Å². The van der Waals surface area contributed by atoms with Crippen LogP contribution < -0.4 is 5.73 Å². The number of ether oxygens (including phenoxy) is 1. The van der Waals surface area contributed by atoms with E-state index >= 15 is 0 Å². The number of hydrogen-bond acceptors (Lipinski definition) is 3. The van der Waals surface area contributed by atoms with Crippen LogP contribution in [0.4, 0.5) is 9.18 Å². The van der Waals surface area contributed by atoms with E-state index < -0.39 is 5.67 Å². The fourth-order valence-electron chi connectivity index (χ4n) is 3.98. The molecule has 2 aliphatic rings. The first-order valence-corrected chi connectivity index (χ1v) is 9.10. The van der Waals surface area contributed by atoms with Gasteiger partial charge in [-0.3, -0.25) is 0 Å². The number of fused-ring (bicyclic) bond motifs is 3. The van der Waals surface area contributed by atoms with E-state index in [1.165, 1.54) is 22.3 Å². The van der Waals surface area contributed by atoms with Gasteiger partial charge in [0.2, 0.25) is 0 Å². The summed E-state index contributed by atoms with van der Waals surface area (Å²) in [7, 11) is 0. The van der Waals surface area contributed by atoms with Crippen molar-refractivity contribution in [2.45, 2.75) is 24.4 Å². The molecule has 2 N–H and O–H groups in total. The summed E-state index contributed by atoms with van der Waals surface area (Å²) >= 11 is 0. The molecule has 136 valence electrons. The second-order valence-electron chi connectivity index (χ2n) is 7.15. The van der Waals surface area contributed by atoms with Crippen LogP contribution in [0.1, 0.15) is 29.9 Å². The molecule has 1 amide bonds. The predicted octanol–water partition coefficient (Wildman–Crippen LogP) is 3.70. The fourth-order valence-corrected chi connectivity index (χ4v) is 3.98. The van der Waals surface area contributed by atoms with Crippen molar-refractivity contribution in [3.05, 3.63) is 59.7 Å². The van der Waals surface area contributed by atoms with Crippen molar-refractivity contribution in [2.75, 3.05) is 26.2 Å². The standard InChI is InChI=1S/C21H23FN2O2/c22-21(14-23)9-11-24(12-10-21)20(25)26-13-19-17-7-3-1-5-15(17)16-6-2-4-8-18(16)19/h1-8,19H,9-14,23H2. The summed E-state index contributed by atoms with van der Waals surface area (Å²) in [6.45, 7) is 1.00. The Bertz CT molecular complexity index is 770. The molecule has 0 radical (unpaired) electrons. The first-order valence-electron chi connectivity index (χ1n) is 9.10. The minimum absolute atomic E-state index is 0.00549. The van der Waals surface area contributed by atoms with Gasteiger partial charge in [-0.15, -0.1) is 0 Å². The summed E-state index contributed by atoms with van der Waals surface area (Å²) in [6.07, 6.45) is 0.174. The highest BCUT2D eigenvalue weighted by Gasteiger charge is 2.36. The van der Waals surface area contributed by atoms with Crippen LogP contribution in [-0.4, -0.2) is 42.9 Å². The van der Waals surface area contributed by atoms with Crippen LogP contribution in [0.2, 0.25) is 0 Å². The van der Waals surface area contributed by atoms with Gasteiger partial charge in [0.1, 0.15) is 12.3 Å². The van der Waals surface area contributed by atoms with Gasteiger partial charge in [0.25, 0.3) is 0 Å². The Kier molecular flexibility index (Phi) is 4.41. The van der Waals surface area contributed by atoms with E-state index in [4.69, 9.17) is 10.5 Å². The topological polar surface area (TPSA) is 55.6 Å². The van der Waals surface area contributed by atoms with E-state index in [2.05, 4.69) is 24.3 Å². The highest BCUT2D eigenvalue weighted by Crippen LogP contribution is 2.44. The zero-order valence-corrected chi connectivity index (χ0v) is 14.7. The lowest BCUT2D eigenvalue weighted by atomic mass is 9.94. The molecule has 26 heavy (non-hydrogen) atoms. The number of nitrogens with zero attached hydrogens (tertiary/aromatic N) is 1. The van der Waals surface area contributed by atoms with E-state index in [9.17, 15) is 9.18 Å². The van der Waals surface area contributed by atoms with Crippen LogP contribution >= 0.6 is 0 Å². The third-order valence-electron chi connectivity index (χ3n) is 5.62. The molecule has 0 spiro atoms. The zero-order chi connectivity index (χ0) is 18.1. The average Bonchev–Trinajstić information content (AvgIpc) is 3.01. The van der Waals surface area contributed by atoms with Gasteiger partial charge in [-0.25, -0.2) is 9.18 Å². The third-order valence-corrected chi connectivity index (χ3v) is 5.62. The van der Waals surface area contributed by atoms with Crippen molar-refractivity contribution < 1.29 is 13.9 Å². The van der Waals surface area contributed by atoms with Crippen LogP contribution in [0.25, 0.3) is 11.1 Å². The second kappa shape index (κ2) is 6.72. The monoisotopic (exact) mass is 354 g/mol. The lowest BCUT2D eigenvalue weighted by Crippen LogP contribution is -2.48. The summed E-state index contributed by atoms with van der Waals surface area (Å²) in [4.78, 5) is 14.0. The molecule has 1 saturated heterocycles. The van der Waals surface area contributed by atoms with Crippen molar-refractivity contribution >= 4 is 6.09 Å². The van der Waals surface area contributed by atoms with Gasteiger partial charge in [-0.1, -0.05) is 48.5 Å². The molecule has 4 rings (SSSR count). The molecular formula is C21H23FN2O2. The number of carbonyl (C=O) groups is 1. The molecular weight excluding hydrogens is 331 g/mol. The van der Waals surface area contributed by atoms with Crippen molar-refractivity contribution in [3.63, 3.8) is 0 Å². The Morgan fingerprint density at radius 1 is 1.08 bits per heavy atom. The molecule has 2 aromatic carbocycles. The highest BCUT2D eigenvalue weighted by molar-refractivity contribution is 5.79. The Balaban J connectivity index is 1.45. The predicted molar refractivity (Wildman–Crippen MR) is 98.8 cm³/mol. The smallest absolute Gasteiger partial charge is 0.409 e. The van der Waals surface area contributed by atoms with Crippen LogP contribution in [0.15, 0.2) is 48.5 Å². The van der Waals surface area contributed by atoms with Crippen LogP contribution in [0.5, 0.6) is 0 Å². The molecule has 5 heteroatoms. The number of piperidine rings is 1. The number of likely N-dealkylation sites (tertiary alicyclic amines) is 1. The first kappa shape index (κ1) is 17.0. The molecule has 0 unspecified atom stereocenters. The van der Waals surface area contributed by atoms with E-state index in [0.29, 0.717) is 19.7 Å². The SMILES string of the molecule is NCC1(F)CCN(C(=O)OCC2c3ccccc3-c3ccccc32)CC1. The largest absolute Gasteiger partial charge is 0.448 e. The van der Waals surface area contributed by atoms with Crippen molar-refractivity contribution in [1.29, 1.82) is 0 Å². The van der Waals surface area contributed by atoms with Gasteiger partial charge in [0, 0.05) is 38.4 Å². The molecule has 0 bridgehead atoms. The highest BCUT2D eigenvalue weighted by atomic mass is 19.1. The number of benzene rings is 2. The molecule has 0 atom stereocenters. The van der Waals surface area contributed by atoms with Gasteiger partial charge >= 0.3 is 6.09 Å². The molecule has 1 fully saturated rings. The number of nitrogens with two attached hydrogens (primary N) is 1. The normalized spacial score (nSPS) is 18.3. The fraction of sp³-hybridized carbons (Fsp3) is 0.381. The van der Waals surface area contributed by atoms with Crippen LogP contribution in [0, 0.1) is 0 Å². The minimum atomic E-state index is -1.35. The van der Waals surface area contributed by atoms with Gasteiger partial charge in [-0.2, -0.15) is 0 Å². The third kappa shape index (κ3) is 2.97. The first-order chi connectivity index (χ1) is 12.6. The minimum Gasteiger partial charge on any atom is -0.448 e. The lowest BCUT2D eigenvalue weighted by molar-refractivity contribution is 0.0471. The molecule has 0 saturated carbocycles. The number of halogens is 1. The van der Waals surface area contributed by atoms with Gasteiger partial charge in [0.05, 0.1) is 0 Å². The Morgan fingerprint density at radius 2 is 1.62 bits per heavy atom. The molecule has 1 aliphatic carbocycles. The van der Waals surface area contributed by atoms with E-state index in [-0.39, 0.29) is 31.4 Å². The average molecular weight is 354 g/mol. The quantitative estimate of drug-likeness (QED) is 0.914. The Morgan fingerprint density at radius 3 is 2.15 bits per heavy atom. The molecule has 0 aromatic heterocycles. The Labute approximate surface area is 152 Å². The Hall–Kier alpha value is -2.40. The molecule has 1 heterocycles. The number of amides is 1. The summed E-state index contributed by atoms with van der Waals surface area (Å²) in [6, 6.07) is 16.5. The molecule has 1 aliphatic heterocycles. The maximum Gasteiger partial charge on any atom is 0.409 e. The lowest BCUT2D eigenvalue weighted by Gasteiger charge is -2.35. The summed E-state index contributed by atoms with van der Waals surface area (Å²) in [5.74, 6) is 0.0421. The zero-order valence-electron chi connectivity index (χ0n) is 14.7. The van der Waals surface area contributed by atoms with Gasteiger partial charge < -0.3 is 15.4 Å². The molecule has 4 nitrogen and oxygen atoms in total. The summed E-state index contributed by atoms with van der Waals surface area (Å²) < 4.78 is 19.8. The van der Waals surface area contributed by atoms with Crippen molar-refractivity contribution in [1.82, 2.24) is 4.90 Å². The maximum absolute atomic E-state index is 14.2. The number of carbonyl (C=O) groups excluding carboxylic acids is 1. The van der Waals surface area contributed by atoms with E-state index in [0.717, 1.165) is 0 Å². The van der Waals surface area contributed by atoms with E-state index in [1.807, 2.05) is 24.3 Å². The summed E-state index contributed by atoms with van der Waals surface area (Å²) in [5, 5.41) is 0. The second-order valence-corrected chi connectivity index (χ2v) is 7.15. The number of hydrogen-bond donors (Lipinski definition) is 1. The van der Waals surface area contributed by atoms with Gasteiger partial charge in [-0.05, 0) is 22.3 Å². The summed E-state index contributed by atoms with van der Waals surface area (Å²) in [5.41, 5.74) is 8.91. The van der Waals surface area contributed by atoms with Crippen LogP contribution in [0.3, 0.4) is 0 Å². The van der Waals surface area contributed by atoms with E-state index in [1.54, 1.807) is 4.90 Å². The number of rotatable bonds is 3. The van der Waals surface area contributed by atoms with Crippen molar-refractivity contribution in [3.8, 4) is 11.1 Å². The maximum atomic E-state index is 14.2. The number of alkyl halides is 1.